The second kappa shape index (κ2) is 8.12. The summed E-state index contributed by atoms with van der Waals surface area (Å²) >= 11 is 0. The van der Waals surface area contributed by atoms with Crippen LogP contribution in [0.3, 0.4) is 0 Å². The second-order valence-electron chi connectivity index (χ2n) is 5.01. The number of nitrogens with zero attached hydrogens (tertiary/aromatic N) is 2. The van der Waals surface area contributed by atoms with Crippen LogP contribution >= 0.6 is 0 Å². The van der Waals surface area contributed by atoms with Crippen LogP contribution in [-0.4, -0.2) is 72.7 Å². The van der Waals surface area contributed by atoms with Crippen LogP contribution in [0.2, 0.25) is 0 Å². The fraction of sp³-hybridized carbons (Fsp3) is 0.846. The first-order valence-corrected chi connectivity index (χ1v) is 6.79. The number of carboxylic acid groups (broad SMARTS) is 1. The van der Waals surface area contributed by atoms with E-state index in [2.05, 4.69) is 4.90 Å². The van der Waals surface area contributed by atoms with E-state index in [1.54, 1.807) is 11.8 Å². The Hall–Kier alpha value is -1.14. The van der Waals surface area contributed by atoms with Crippen LogP contribution in [0.15, 0.2) is 0 Å². The van der Waals surface area contributed by atoms with Gasteiger partial charge in [0, 0.05) is 39.6 Å². The van der Waals surface area contributed by atoms with Gasteiger partial charge in [-0.25, -0.2) is 0 Å². The first kappa shape index (κ1) is 15.9. The molecule has 1 rings (SSSR count). The number of morpholine rings is 1. The average molecular weight is 272 g/mol. The Morgan fingerprint density at radius 2 is 2.00 bits per heavy atom. The summed E-state index contributed by atoms with van der Waals surface area (Å²) in [7, 11) is 0. The van der Waals surface area contributed by atoms with Crippen molar-refractivity contribution in [3.63, 3.8) is 0 Å². The van der Waals surface area contributed by atoms with Gasteiger partial charge in [-0.05, 0) is 6.42 Å². The van der Waals surface area contributed by atoms with Gasteiger partial charge in [0.1, 0.15) is 0 Å². The molecule has 6 heteroatoms. The van der Waals surface area contributed by atoms with E-state index in [1.165, 1.54) is 6.92 Å². The molecule has 1 unspecified atom stereocenters. The maximum absolute atomic E-state index is 11.5. The van der Waals surface area contributed by atoms with Gasteiger partial charge in [-0.3, -0.25) is 14.5 Å². The van der Waals surface area contributed by atoms with E-state index < -0.39 is 11.9 Å². The molecule has 0 aromatic heterocycles. The fourth-order valence-corrected chi connectivity index (χ4v) is 2.10. The predicted molar refractivity (Wildman–Crippen MR) is 70.9 cm³/mol. The van der Waals surface area contributed by atoms with Gasteiger partial charge in [-0.15, -0.1) is 0 Å². The smallest absolute Gasteiger partial charge is 0.308 e. The van der Waals surface area contributed by atoms with Crippen molar-refractivity contribution in [1.82, 2.24) is 9.80 Å². The molecular weight excluding hydrogens is 248 g/mol. The van der Waals surface area contributed by atoms with Gasteiger partial charge in [0.2, 0.25) is 5.91 Å². The van der Waals surface area contributed by atoms with E-state index in [-0.39, 0.29) is 12.5 Å². The molecule has 0 bridgehead atoms. The van der Waals surface area contributed by atoms with Crippen LogP contribution < -0.4 is 0 Å². The molecular formula is C13H24N2O4. The molecule has 110 valence electrons. The molecule has 1 aliphatic rings. The molecule has 19 heavy (non-hydrogen) atoms. The van der Waals surface area contributed by atoms with Crippen molar-refractivity contribution in [2.45, 2.75) is 20.3 Å². The standard InChI is InChI=1S/C13H24N2O4/c1-11(13(17)18)10-15(12(2)16)5-3-4-14-6-8-19-9-7-14/h11H,3-10H2,1-2H3,(H,17,18). The Kier molecular flexibility index (Phi) is 6.80. The molecule has 0 radical (unpaired) electrons. The zero-order chi connectivity index (χ0) is 14.3. The quantitative estimate of drug-likeness (QED) is 0.721. The number of hydrogen-bond donors (Lipinski definition) is 1. The summed E-state index contributed by atoms with van der Waals surface area (Å²) in [6.07, 6.45) is 0.867. The summed E-state index contributed by atoms with van der Waals surface area (Å²) < 4.78 is 5.27. The van der Waals surface area contributed by atoms with Crippen molar-refractivity contribution in [3.05, 3.63) is 0 Å². The molecule has 0 spiro atoms. The third-order valence-electron chi connectivity index (χ3n) is 3.37. The van der Waals surface area contributed by atoms with Crippen molar-refractivity contribution < 1.29 is 19.4 Å². The zero-order valence-electron chi connectivity index (χ0n) is 11.8. The van der Waals surface area contributed by atoms with Gasteiger partial charge in [-0.2, -0.15) is 0 Å². The summed E-state index contributed by atoms with van der Waals surface area (Å²) in [6, 6.07) is 0. The minimum atomic E-state index is -0.862. The SMILES string of the molecule is CC(=O)N(CCCN1CCOCC1)CC(C)C(=O)O. The number of amides is 1. The monoisotopic (exact) mass is 272 g/mol. The third-order valence-corrected chi connectivity index (χ3v) is 3.37. The lowest BCUT2D eigenvalue weighted by atomic mass is 10.1. The highest BCUT2D eigenvalue weighted by Crippen LogP contribution is 2.04. The van der Waals surface area contributed by atoms with Gasteiger partial charge in [-0.1, -0.05) is 6.92 Å². The van der Waals surface area contributed by atoms with E-state index in [4.69, 9.17) is 9.84 Å². The van der Waals surface area contributed by atoms with Crippen molar-refractivity contribution in [1.29, 1.82) is 0 Å². The highest BCUT2D eigenvalue weighted by atomic mass is 16.5. The van der Waals surface area contributed by atoms with Crippen molar-refractivity contribution in [2.24, 2.45) is 5.92 Å². The number of aliphatic carboxylic acids is 1. The highest BCUT2D eigenvalue weighted by molar-refractivity contribution is 5.75. The van der Waals surface area contributed by atoms with E-state index in [1.807, 2.05) is 0 Å². The number of hydrogen-bond acceptors (Lipinski definition) is 4. The van der Waals surface area contributed by atoms with Gasteiger partial charge in [0.05, 0.1) is 19.1 Å². The number of carbonyl (C=O) groups excluding carboxylic acids is 1. The summed E-state index contributed by atoms with van der Waals surface area (Å²) in [5.41, 5.74) is 0. The number of ether oxygens (including phenoxy) is 1. The summed E-state index contributed by atoms with van der Waals surface area (Å²) in [5, 5.41) is 8.88. The molecule has 1 saturated heterocycles. The minimum absolute atomic E-state index is 0.0601. The lowest BCUT2D eigenvalue weighted by Crippen LogP contribution is -2.40. The molecule has 1 heterocycles. The number of carbonyl (C=O) groups is 2. The van der Waals surface area contributed by atoms with Gasteiger partial charge in [0.25, 0.3) is 0 Å². The van der Waals surface area contributed by atoms with Gasteiger partial charge >= 0.3 is 5.97 Å². The molecule has 0 aromatic rings. The highest BCUT2D eigenvalue weighted by Gasteiger charge is 2.18. The van der Waals surface area contributed by atoms with E-state index in [9.17, 15) is 9.59 Å². The van der Waals surface area contributed by atoms with Crippen molar-refractivity contribution in [3.8, 4) is 0 Å². The molecule has 6 nitrogen and oxygen atoms in total. The molecule has 1 fully saturated rings. The van der Waals surface area contributed by atoms with Crippen LogP contribution in [0, 0.1) is 5.92 Å². The Labute approximate surface area is 114 Å². The molecule has 1 amide bonds. The fourth-order valence-electron chi connectivity index (χ4n) is 2.10. The van der Waals surface area contributed by atoms with Crippen molar-refractivity contribution in [2.75, 3.05) is 45.9 Å². The maximum atomic E-state index is 11.5. The Bertz CT molecular complexity index is 303. The summed E-state index contributed by atoms with van der Waals surface area (Å²) in [6.45, 7) is 8.35. The maximum Gasteiger partial charge on any atom is 0.308 e. The lowest BCUT2D eigenvalue weighted by Gasteiger charge is -2.28. The Morgan fingerprint density at radius 3 is 2.53 bits per heavy atom. The normalized spacial score (nSPS) is 18.0. The molecule has 0 aromatic carbocycles. The van der Waals surface area contributed by atoms with Crippen LogP contribution in [-0.2, 0) is 14.3 Å². The molecule has 1 N–H and O–H groups in total. The topological polar surface area (TPSA) is 70.1 Å². The largest absolute Gasteiger partial charge is 0.481 e. The third kappa shape index (κ3) is 6.02. The second-order valence-corrected chi connectivity index (χ2v) is 5.01. The van der Waals surface area contributed by atoms with Crippen LogP contribution in [0.1, 0.15) is 20.3 Å². The molecule has 0 saturated carbocycles. The average Bonchev–Trinajstić information content (AvgIpc) is 2.38. The van der Waals surface area contributed by atoms with E-state index in [0.717, 1.165) is 39.3 Å². The number of carboxylic acids is 1. The van der Waals surface area contributed by atoms with E-state index in [0.29, 0.717) is 6.54 Å². The predicted octanol–water partition coefficient (Wildman–Crippen LogP) is 0.278. The lowest BCUT2D eigenvalue weighted by molar-refractivity contribution is -0.142. The summed E-state index contributed by atoms with van der Waals surface area (Å²) in [5.74, 6) is -1.44. The van der Waals surface area contributed by atoms with Crippen LogP contribution in [0.4, 0.5) is 0 Å². The molecule has 0 aliphatic carbocycles. The minimum Gasteiger partial charge on any atom is -0.481 e. The zero-order valence-corrected chi connectivity index (χ0v) is 11.8. The Morgan fingerprint density at radius 1 is 1.37 bits per heavy atom. The molecule has 1 atom stereocenters. The number of rotatable bonds is 7. The van der Waals surface area contributed by atoms with Gasteiger partial charge < -0.3 is 14.7 Å². The molecule has 1 aliphatic heterocycles. The first-order valence-electron chi connectivity index (χ1n) is 6.79. The Balaban J connectivity index is 2.28. The van der Waals surface area contributed by atoms with Crippen molar-refractivity contribution >= 4 is 11.9 Å². The van der Waals surface area contributed by atoms with Gasteiger partial charge in [0.15, 0.2) is 0 Å². The van der Waals surface area contributed by atoms with Crippen LogP contribution in [0.25, 0.3) is 0 Å². The van der Waals surface area contributed by atoms with E-state index >= 15 is 0 Å². The van der Waals surface area contributed by atoms with Crippen LogP contribution in [0.5, 0.6) is 0 Å². The first-order chi connectivity index (χ1) is 9.00. The summed E-state index contributed by atoms with van der Waals surface area (Å²) in [4.78, 5) is 26.2.